The summed E-state index contributed by atoms with van der Waals surface area (Å²) in [5, 5.41) is 0. The van der Waals surface area contributed by atoms with E-state index < -0.39 is 18.4 Å². The standard InChI is InChI=1S/C16H23F2N3O/c1-20-5-7-21(8-6-20)12-3-4-13(22-2)10-9-11(17)16(19)15(18)14(10)12/h3-4,11,15-16H,5-9,19H2,1-2H3/t11?,15-,16?/m1/s1. The summed E-state index contributed by atoms with van der Waals surface area (Å²) < 4.78 is 34.1. The van der Waals surface area contributed by atoms with E-state index in [4.69, 9.17) is 10.5 Å². The molecule has 6 heteroatoms. The van der Waals surface area contributed by atoms with Crippen molar-refractivity contribution in [1.82, 2.24) is 4.90 Å². The van der Waals surface area contributed by atoms with Gasteiger partial charge in [-0.25, -0.2) is 8.78 Å². The van der Waals surface area contributed by atoms with Gasteiger partial charge in [-0.3, -0.25) is 0 Å². The summed E-state index contributed by atoms with van der Waals surface area (Å²) in [4.78, 5) is 4.40. The lowest BCUT2D eigenvalue weighted by Gasteiger charge is -2.38. The van der Waals surface area contributed by atoms with Crippen LogP contribution in [-0.4, -0.2) is 57.4 Å². The number of ether oxygens (including phenoxy) is 1. The molecule has 1 aromatic rings. The number of likely N-dealkylation sites (N-methyl/N-ethyl adjacent to an activating group) is 1. The van der Waals surface area contributed by atoms with Gasteiger partial charge >= 0.3 is 0 Å². The highest BCUT2D eigenvalue weighted by Crippen LogP contribution is 2.43. The maximum absolute atomic E-state index is 14.8. The normalized spacial score (nSPS) is 29.3. The van der Waals surface area contributed by atoms with Gasteiger partial charge in [-0.05, 0) is 19.2 Å². The Labute approximate surface area is 129 Å². The van der Waals surface area contributed by atoms with Crippen molar-refractivity contribution in [2.24, 2.45) is 5.73 Å². The van der Waals surface area contributed by atoms with Crippen molar-refractivity contribution in [2.45, 2.75) is 24.8 Å². The Morgan fingerprint density at radius 1 is 1.18 bits per heavy atom. The third kappa shape index (κ3) is 2.54. The number of hydrogen-bond donors (Lipinski definition) is 1. The molecule has 3 atom stereocenters. The lowest BCUT2D eigenvalue weighted by Crippen LogP contribution is -2.46. The number of alkyl halides is 2. The summed E-state index contributed by atoms with van der Waals surface area (Å²) in [7, 11) is 3.60. The SMILES string of the molecule is COc1ccc(N2CCN(C)CC2)c2c1CC(F)C(N)[C@@H]2F. The molecule has 1 aromatic carbocycles. The van der Waals surface area contributed by atoms with Crippen LogP contribution in [0.4, 0.5) is 14.5 Å². The number of halogens is 2. The van der Waals surface area contributed by atoms with Crippen LogP contribution in [0.2, 0.25) is 0 Å². The molecule has 2 aliphatic rings. The van der Waals surface area contributed by atoms with Crippen molar-refractivity contribution < 1.29 is 13.5 Å². The van der Waals surface area contributed by atoms with Crippen LogP contribution in [0.15, 0.2) is 12.1 Å². The minimum Gasteiger partial charge on any atom is -0.496 e. The second-order valence-corrected chi connectivity index (χ2v) is 6.17. The minimum atomic E-state index is -1.50. The van der Waals surface area contributed by atoms with Gasteiger partial charge in [-0.2, -0.15) is 0 Å². The molecular weight excluding hydrogens is 288 g/mol. The van der Waals surface area contributed by atoms with E-state index in [-0.39, 0.29) is 6.42 Å². The van der Waals surface area contributed by atoms with Crippen LogP contribution >= 0.6 is 0 Å². The van der Waals surface area contributed by atoms with Crippen LogP contribution in [0.25, 0.3) is 0 Å². The van der Waals surface area contributed by atoms with E-state index in [0.717, 1.165) is 31.9 Å². The third-order valence-electron chi connectivity index (χ3n) is 4.79. The number of rotatable bonds is 2. The van der Waals surface area contributed by atoms with Crippen molar-refractivity contribution in [1.29, 1.82) is 0 Å². The van der Waals surface area contributed by atoms with Crippen LogP contribution in [0, 0.1) is 0 Å². The summed E-state index contributed by atoms with van der Waals surface area (Å²) in [5.41, 5.74) is 7.71. The molecule has 0 aromatic heterocycles. The fourth-order valence-corrected chi connectivity index (χ4v) is 3.37. The number of nitrogens with zero attached hydrogens (tertiary/aromatic N) is 2. The van der Waals surface area contributed by atoms with E-state index in [0.29, 0.717) is 16.9 Å². The Morgan fingerprint density at radius 3 is 2.50 bits per heavy atom. The second kappa shape index (κ2) is 6.01. The molecule has 1 aliphatic carbocycles. The molecule has 4 nitrogen and oxygen atoms in total. The molecule has 1 aliphatic heterocycles. The Morgan fingerprint density at radius 2 is 1.86 bits per heavy atom. The Hall–Kier alpha value is -1.40. The minimum absolute atomic E-state index is 0.113. The highest BCUT2D eigenvalue weighted by atomic mass is 19.1. The molecule has 122 valence electrons. The molecule has 0 saturated carbocycles. The zero-order chi connectivity index (χ0) is 15.9. The Bertz CT molecular complexity index is 546. The molecule has 22 heavy (non-hydrogen) atoms. The second-order valence-electron chi connectivity index (χ2n) is 6.17. The van der Waals surface area contributed by atoms with Gasteiger partial charge in [0.25, 0.3) is 0 Å². The molecule has 2 unspecified atom stereocenters. The maximum atomic E-state index is 14.8. The monoisotopic (exact) mass is 311 g/mol. The molecule has 1 fully saturated rings. The van der Waals surface area contributed by atoms with E-state index in [1.807, 2.05) is 12.1 Å². The predicted molar refractivity (Wildman–Crippen MR) is 83.1 cm³/mol. The number of nitrogens with two attached hydrogens (primary N) is 1. The van der Waals surface area contributed by atoms with Crippen LogP contribution in [0.1, 0.15) is 17.3 Å². The van der Waals surface area contributed by atoms with E-state index in [1.165, 1.54) is 7.11 Å². The lowest BCUT2D eigenvalue weighted by atomic mass is 9.83. The van der Waals surface area contributed by atoms with E-state index in [1.54, 1.807) is 0 Å². The summed E-state index contributed by atoms with van der Waals surface area (Å²) in [6.07, 6.45) is -2.76. The van der Waals surface area contributed by atoms with Crippen LogP contribution in [-0.2, 0) is 6.42 Å². The summed E-state index contributed by atoms with van der Waals surface area (Å²) in [6, 6.07) is 2.58. The fourth-order valence-electron chi connectivity index (χ4n) is 3.37. The molecule has 2 N–H and O–H groups in total. The van der Waals surface area contributed by atoms with Gasteiger partial charge in [0.05, 0.1) is 13.2 Å². The fraction of sp³-hybridized carbons (Fsp3) is 0.625. The number of fused-ring (bicyclic) bond motifs is 1. The first kappa shape index (κ1) is 15.5. The van der Waals surface area contributed by atoms with Gasteiger partial charge in [-0.1, -0.05) is 0 Å². The smallest absolute Gasteiger partial charge is 0.145 e. The number of piperazine rings is 1. The van der Waals surface area contributed by atoms with Crippen molar-refractivity contribution in [3.63, 3.8) is 0 Å². The van der Waals surface area contributed by atoms with Crippen molar-refractivity contribution in [3.05, 3.63) is 23.3 Å². The van der Waals surface area contributed by atoms with Gasteiger partial charge in [0.2, 0.25) is 0 Å². The number of anilines is 1. The zero-order valence-electron chi connectivity index (χ0n) is 13.1. The molecule has 0 amide bonds. The Balaban J connectivity index is 2.03. The van der Waals surface area contributed by atoms with Crippen molar-refractivity contribution >= 4 is 5.69 Å². The van der Waals surface area contributed by atoms with Gasteiger partial charge in [-0.15, -0.1) is 0 Å². The summed E-state index contributed by atoms with van der Waals surface area (Å²) >= 11 is 0. The first-order valence-electron chi connectivity index (χ1n) is 7.70. The molecule has 0 spiro atoms. The number of hydrogen-bond acceptors (Lipinski definition) is 4. The molecule has 0 bridgehead atoms. The van der Waals surface area contributed by atoms with Gasteiger partial charge < -0.3 is 20.3 Å². The Kier molecular flexibility index (Phi) is 4.23. The van der Waals surface area contributed by atoms with Crippen molar-refractivity contribution in [3.8, 4) is 5.75 Å². The van der Waals surface area contributed by atoms with Crippen LogP contribution < -0.4 is 15.4 Å². The summed E-state index contributed by atoms with van der Waals surface area (Å²) in [6.45, 7) is 3.51. The highest BCUT2D eigenvalue weighted by Gasteiger charge is 2.39. The van der Waals surface area contributed by atoms with Gasteiger partial charge in [0.15, 0.2) is 0 Å². The van der Waals surface area contributed by atoms with Crippen LogP contribution in [0.3, 0.4) is 0 Å². The zero-order valence-corrected chi connectivity index (χ0v) is 13.1. The molecule has 3 rings (SSSR count). The van der Waals surface area contributed by atoms with E-state index >= 15 is 0 Å². The van der Waals surface area contributed by atoms with Gasteiger partial charge in [0, 0.05) is 49.4 Å². The highest BCUT2D eigenvalue weighted by molar-refractivity contribution is 5.63. The first-order chi connectivity index (χ1) is 10.5. The molecule has 1 saturated heterocycles. The number of benzene rings is 1. The largest absolute Gasteiger partial charge is 0.496 e. The lowest BCUT2D eigenvalue weighted by molar-refractivity contribution is 0.165. The third-order valence-corrected chi connectivity index (χ3v) is 4.79. The maximum Gasteiger partial charge on any atom is 0.145 e. The predicted octanol–water partition coefficient (Wildman–Crippen LogP) is 1.68. The van der Waals surface area contributed by atoms with Crippen molar-refractivity contribution in [2.75, 3.05) is 45.2 Å². The summed E-state index contributed by atoms with van der Waals surface area (Å²) in [5.74, 6) is 0.546. The topological polar surface area (TPSA) is 41.7 Å². The van der Waals surface area contributed by atoms with Crippen LogP contribution in [0.5, 0.6) is 5.75 Å². The van der Waals surface area contributed by atoms with E-state index in [9.17, 15) is 8.78 Å². The first-order valence-corrected chi connectivity index (χ1v) is 7.70. The molecule has 0 radical (unpaired) electrons. The van der Waals surface area contributed by atoms with E-state index in [2.05, 4.69) is 16.8 Å². The van der Waals surface area contributed by atoms with Gasteiger partial charge in [0.1, 0.15) is 18.1 Å². The molecular formula is C16H23F2N3O. The average Bonchev–Trinajstić information content (AvgIpc) is 2.52. The number of methoxy groups -OCH3 is 1. The molecule has 1 heterocycles. The quantitative estimate of drug-likeness (QED) is 0.902. The average molecular weight is 311 g/mol.